The molecule has 7 heteroatoms. The molecule has 6 nitrogen and oxygen atoms in total. The van der Waals surface area contributed by atoms with Crippen LogP contribution in [0.4, 0.5) is 0 Å². The van der Waals surface area contributed by atoms with Crippen molar-refractivity contribution in [1.29, 1.82) is 0 Å². The maximum atomic E-state index is 11.6. The maximum Gasteiger partial charge on any atom is 0.326 e. The summed E-state index contributed by atoms with van der Waals surface area (Å²) in [7, 11) is 0. The van der Waals surface area contributed by atoms with Gasteiger partial charge in [-0.3, -0.25) is 9.59 Å². The lowest BCUT2D eigenvalue weighted by Gasteiger charge is -2.11. The molecule has 112 valence electrons. The van der Waals surface area contributed by atoms with E-state index >= 15 is 0 Å². The van der Waals surface area contributed by atoms with E-state index < -0.39 is 23.9 Å². The molecule has 1 rings (SSSR count). The van der Waals surface area contributed by atoms with E-state index in [-0.39, 0.29) is 12.8 Å². The lowest BCUT2D eigenvalue weighted by Crippen LogP contribution is -2.40. The molecule has 21 heavy (non-hydrogen) atoms. The van der Waals surface area contributed by atoms with Crippen molar-refractivity contribution in [3.05, 3.63) is 40.9 Å². The molecular weight excluding hydrogens is 298 g/mol. The monoisotopic (exact) mass is 311 g/mol. The SMILES string of the molecule is O=C(O)CC[C@H](NC(=O)/C=C/c1ccccc1Cl)C(=O)O. The summed E-state index contributed by atoms with van der Waals surface area (Å²) < 4.78 is 0. The summed E-state index contributed by atoms with van der Waals surface area (Å²) in [6, 6.07) is 5.60. The van der Waals surface area contributed by atoms with Crippen molar-refractivity contribution in [2.75, 3.05) is 0 Å². The predicted octanol–water partition coefficient (Wildman–Crippen LogP) is 1.79. The Labute approximate surface area is 126 Å². The number of nitrogens with one attached hydrogen (secondary N) is 1. The Morgan fingerprint density at radius 2 is 1.90 bits per heavy atom. The first-order chi connectivity index (χ1) is 9.90. The van der Waals surface area contributed by atoms with Gasteiger partial charge in [-0.05, 0) is 24.1 Å². The van der Waals surface area contributed by atoms with Crippen molar-refractivity contribution in [2.45, 2.75) is 18.9 Å². The van der Waals surface area contributed by atoms with Gasteiger partial charge in [0.1, 0.15) is 6.04 Å². The molecule has 0 heterocycles. The van der Waals surface area contributed by atoms with Gasteiger partial charge in [0.05, 0.1) is 0 Å². The van der Waals surface area contributed by atoms with E-state index in [4.69, 9.17) is 21.8 Å². The van der Waals surface area contributed by atoms with Gasteiger partial charge in [0.25, 0.3) is 0 Å². The van der Waals surface area contributed by atoms with Crippen LogP contribution in [0.1, 0.15) is 18.4 Å². The van der Waals surface area contributed by atoms with Crippen LogP contribution in [0.5, 0.6) is 0 Å². The minimum absolute atomic E-state index is 0.184. The molecule has 1 atom stereocenters. The minimum atomic E-state index is -1.28. The Morgan fingerprint density at radius 1 is 1.24 bits per heavy atom. The fraction of sp³-hybridized carbons (Fsp3) is 0.214. The molecule has 0 aromatic heterocycles. The number of carbonyl (C=O) groups is 3. The molecule has 0 spiro atoms. The van der Waals surface area contributed by atoms with Crippen LogP contribution in [-0.4, -0.2) is 34.1 Å². The Balaban J connectivity index is 2.64. The highest BCUT2D eigenvalue weighted by Gasteiger charge is 2.19. The van der Waals surface area contributed by atoms with E-state index in [2.05, 4.69) is 5.32 Å². The van der Waals surface area contributed by atoms with E-state index in [1.807, 2.05) is 0 Å². The summed E-state index contributed by atoms with van der Waals surface area (Å²) in [4.78, 5) is 33.0. The number of rotatable bonds is 7. The summed E-state index contributed by atoms with van der Waals surface area (Å²) in [6.45, 7) is 0. The zero-order valence-electron chi connectivity index (χ0n) is 11.0. The summed E-state index contributed by atoms with van der Waals surface area (Å²) in [5.74, 6) is -3.04. The second-order valence-electron chi connectivity index (χ2n) is 4.19. The molecule has 0 aliphatic rings. The fourth-order valence-corrected chi connectivity index (χ4v) is 1.72. The number of benzene rings is 1. The second kappa shape index (κ2) is 8.06. The highest BCUT2D eigenvalue weighted by atomic mass is 35.5. The van der Waals surface area contributed by atoms with Gasteiger partial charge in [0.15, 0.2) is 0 Å². The second-order valence-corrected chi connectivity index (χ2v) is 4.59. The molecule has 0 aliphatic carbocycles. The van der Waals surface area contributed by atoms with Gasteiger partial charge in [-0.2, -0.15) is 0 Å². The quantitative estimate of drug-likeness (QED) is 0.666. The number of hydrogen-bond donors (Lipinski definition) is 3. The molecule has 0 unspecified atom stereocenters. The minimum Gasteiger partial charge on any atom is -0.481 e. The Kier molecular flexibility index (Phi) is 6.42. The first-order valence-corrected chi connectivity index (χ1v) is 6.45. The Hall–Kier alpha value is -2.34. The van der Waals surface area contributed by atoms with Gasteiger partial charge in [0, 0.05) is 17.5 Å². The van der Waals surface area contributed by atoms with Crippen molar-refractivity contribution in [2.24, 2.45) is 0 Å². The standard InChI is InChI=1S/C14H14ClNO5/c15-10-4-2-1-3-9(10)5-7-12(17)16-11(14(20)21)6-8-13(18)19/h1-5,7,11H,6,8H2,(H,16,17)(H,18,19)(H,20,21)/b7-5+/t11-/m0/s1. The normalized spacial score (nSPS) is 12.0. The zero-order valence-corrected chi connectivity index (χ0v) is 11.7. The zero-order chi connectivity index (χ0) is 15.8. The topological polar surface area (TPSA) is 104 Å². The van der Waals surface area contributed by atoms with Crippen LogP contribution in [0.25, 0.3) is 6.08 Å². The number of carboxylic acids is 2. The molecule has 1 amide bonds. The van der Waals surface area contributed by atoms with Crippen LogP contribution in [0, 0.1) is 0 Å². The van der Waals surface area contributed by atoms with Gasteiger partial charge in [-0.15, -0.1) is 0 Å². The van der Waals surface area contributed by atoms with Gasteiger partial charge >= 0.3 is 11.9 Å². The third kappa shape index (κ3) is 6.09. The maximum absolute atomic E-state index is 11.6. The lowest BCUT2D eigenvalue weighted by atomic mass is 10.1. The van der Waals surface area contributed by atoms with Crippen molar-refractivity contribution < 1.29 is 24.6 Å². The molecule has 0 saturated heterocycles. The molecule has 0 aliphatic heterocycles. The fourth-order valence-electron chi connectivity index (χ4n) is 1.52. The van der Waals surface area contributed by atoms with Gasteiger partial charge in [0.2, 0.25) is 5.91 Å². The van der Waals surface area contributed by atoms with E-state index in [1.165, 1.54) is 6.08 Å². The molecule has 3 N–H and O–H groups in total. The van der Waals surface area contributed by atoms with E-state index in [0.717, 1.165) is 6.08 Å². The van der Waals surface area contributed by atoms with Gasteiger partial charge < -0.3 is 15.5 Å². The molecule has 1 aromatic rings. The highest BCUT2D eigenvalue weighted by molar-refractivity contribution is 6.32. The summed E-state index contributed by atoms with van der Waals surface area (Å²) in [5, 5.41) is 20.1. The average Bonchev–Trinajstić information content (AvgIpc) is 2.42. The number of aliphatic carboxylic acids is 2. The van der Waals surface area contributed by atoms with Crippen molar-refractivity contribution in [3.8, 4) is 0 Å². The number of carbonyl (C=O) groups excluding carboxylic acids is 1. The number of carboxylic acid groups (broad SMARTS) is 2. The first kappa shape index (κ1) is 16.7. The number of hydrogen-bond acceptors (Lipinski definition) is 3. The van der Waals surface area contributed by atoms with Gasteiger partial charge in [-0.1, -0.05) is 29.8 Å². The first-order valence-electron chi connectivity index (χ1n) is 6.08. The highest BCUT2D eigenvalue weighted by Crippen LogP contribution is 2.16. The molecule has 0 fully saturated rings. The Bertz CT molecular complexity index is 570. The van der Waals surface area contributed by atoms with Crippen LogP contribution in [-0.2, 0) is 14.4 Å². The predicted molar refractivity (Wildman–Crippen MR) is 76.9 cm³/mol. The van der Waals surface area contributed by atoms with Crippen molar-refractivity contribution in [3.63, 3.8) is 0 Å². The Morgan fingerprint density at radius 3 is 2.48 bits per heavy atom. The lowest BCUT2D eigenvalue weighted by molar-refractivity contribution is -0.142. The molecular formula is C14H14ClNO5. The molecule has 0 radical (unpaired) electrons. The smallest absolute Gasteiger partial charge is 0.326 e. The molecule has 0 bridgehead atoms. The van der Waals surface area contributed by atoms with Crippen LogP contribution in [0.15, 0.2) is 30.3 Å². The van der Waals surface area contributed by atoms with E-state index in [9.17, 15) is 14.4 Å². The van der Waals surface area contributed by atoms with Crippen molar-refractivity contribution in [1.82, 2.24) is 5.32 Å². The van der Waals surface area contributed by atoms with Crippen LogP contribution < -0.4 is 5.32 Å². The average molecular weight is 312 g/mol. The van der Waals surface area contributed by atoms with Crippen LogP contribution >= 0.6 is 11.6 Å². The van der Waals surface area contributed by atoms with Crippen LogP contribution in [0.3, 0.4) is 0 Å². The third-order valence-corrected chi connectivity index (χ3v) is 2.93. The van der Waals surface area contributed by atoms with Gasteiger partial charge in [-0.25, -0.2) is 4.79 Å². The molecule has 0 saturated carbocycles. The number of amides is 1. The number of halogens is 1. The van der Waals surface area contributed by atoms with E-state index in [0.29, 0.717) is 10.6 Å². The largest absolute Gasteiger partial charge is 0.481 e. The van der Waals surface area contributed by atoms with Crippen molar-refractivity contribution >= 4 is 35.5 Å². The summed E-state index contributed by atoms with van der Waals surface area (Å²) in [5.41, 5.74) is 0.617. The van der Waals surface area contributed by atoms with E-state index in [1.54, 1.807) is 24.3 Å². The third-order valence-electron chi connectivity index (χ3n) is 2.58. The van der Waals surface area contributed by atoms with Crippen LogP contribution in [0.2, 0.25) is 5.02 Å². The summed E-state index contributed by atoms with van der Waals surface area (Å²) >= 11 is 5.91. The molecule has 1 aromatic carbocycles. The summed E-state index contributed by atoms with van der Waals surface area (Å²) in [6.07, 6.45) is 2.08.